The van der Waals surface area contributed by atoms with Gasteiger partial charge in [-0.25, -0.2) is 0 Å². The second-order valence-electron chi connectivity index (χ2n) is 7.14. The van der Waals surface area contributed by atoms with Crippen LogP contribution in [0.5, 0.6) is 0 Å². The predicted octanol–water partition coefficient (Wildman–Crippen LogP) is 4.54. The van der Waals surface area contributed by atoms with Crippen molar-refractivity contribution in [2.24, 2.45) is 0 Å². The lowest BCUT2D eigenvalue weighted by atomic mass is 9.74. The number of rotatable bonds is 5. The molecule has 1 N–H and O–H groups in total. The van der Waals surface area contributed by atoms with Crippen LogP contribution in [0.15, 0.2) is 42.5 Å². The Morgan fingerprint density at radius 3 is 2.37 bits per heavy atom. The van der Waals surface area contributed by atoms with Crippen molar-refractivity contribution in [2.75, 3.05) is 38.8 Å². The molecule has 2 aromatic carbocycles. The molecule has 0 aromatic heterocycles. The van der Waals surface area contributed by atoms with Crippen LogP contribution in [0.1, 0.15) is 28.8 Å². The summed E-state index contributed by atoms with van der Waals surface area (Å²) in [6, 6.07) is 13.1. The lowest BCUT2D eigenvalue weighted by Crippen LogP contribution is -2.44. The first-order valence-corrected chi connectivity index (χ1v) is 9.76. The highest BCUT2D eigenvalue weighted by atomic mass is 35.5. The van der Waals surface area contributed by atoms with E-state index in [-0.39, 0.29) is 11.3 Å². The van der Waals surface area contributed by atoms with E-state index in [1.807, 2.05) is 55.4 Å². The fourth-order valence-corrected chi connectivity index (χ4v) is 4.09. The topological polar surface area (TPSA) is 41.6 Å². The number of carbonyl (C=O) groups is 1. The Morgan fingerprint density at radius 2 is 1.78 bits per heavy atom. The maximum Gasteiger partial charge on any atom is 0.251 e. The Balaban J connectivity index is 1.78. The van der Waals surface area contributed by atoms with Gasteiger partial charge >= 0.3 is 0 Å². The number of hydrogen-bond acceptors (Lipinski definition) is 3. The van der Waals surface area contributed by atoms with E-state index in [2.05, 4.69) is 5.32 Å². The van der Waals surface area contributed by atoms with Crippen LogP contribution in [-0.2, 0) is 10.2 Å². The highest BCUT2D eigenvalue weighted by molar-refractivity contribution is 6.35. The maximum atomic E-state index is 12.7. The average Bonchev–Trinajstić information content (AvgIpc) is 2.67. The van der Waals surface area contributed by atoms with E-state index in [4.69, 9.17) is 27.9 Å². The molecule has 1 fully saturated rings. The largest absolute Gasteiger partial charge is 0.381 e. The maximum absolute atomic E-state index is 12.7. The van der Waals surface area contributed by atoms with Crippen molar-refractivity contribution in [3.8, 4) is 0 Å². The summed E-state index contributed by atoms with van der Waals surface area (Å²) in [6.45, 7) is 1.80. The highest BCUT2D eigenvalue weighted by Gasteiger charge is 2.36. The van der Waals surface area contributed by atoms with Crippen LogP contribution in [0.25, 0.3) is 0 Å². The van der Waals surface area contributed by atoms with Crippen molar-refractivity contribution < 1.29 is 9.53 Å². The minimum absolute atomic E-state index is 0.0868. The molecule has 144 valence electrons. The fraction of sp³-hybridized carbons (Fsp3) is 0.381. The number of benzene rings is 2. The van der Waals surface area contributed by atoms with E-state index in [0.29, 0.717) is 35.4 Å². The zero-order valence-electron chi connectivity index (χ0n) is 15.6. The van der Waals surface area contributed by atoms with E-state index < -0.39 is 0 Å². The molecule has 2 aromatic rings. The lowest BCUT2D eigenvalue weighted by molar-refractivity contribution is 0.0487. The van der Waals surface area contributed by atoms with Gasteiger partial charge in [-0.15, -0.1) is 0 Å². The van der Waals surface area contributed by atoms with E-state index in [1.165, 1.54) is 0 Å². The van der Waals surface area contributed by atoms with Gasteiger partial charge in [-0.2, -0.15) is 0 Å². The molecule has 27 heavy (non-hydrogen) atoms. The van der Waals surface area contributed by atoms with Gasteiger partial charge in [-0.05, 0) is 54.8 Å². The Kier molecular flexibility index (Phi) is 6.30. The van der Waals surface area contributed by atoms with E-state index in [9.17, 15) is 4.79 Å². The Bertz CT molecular complexity index is 800. The van der Waals surface area contributed by atoms with Gasteiger partial charge in [0.15, 0.2) is 0 Å². The third-order valence-electron chi connectivity index (χ3n) is 5.19. The van der Waals surface area contributed by atoms with Crippen molar-refractivity contribution >= 4 is 34.8 Å². The molecule has 0 saturated carbocycles. The van der Waals surface area contributed by atoms with Crippen LogP contribution < -0.4 is 10.2 Å². The predicted molar refractivity (Wildman–Crippen MR) is 111 cm³/mol. The molecule has 0 unspecified atom stereocenters. The molecule has 0 bridgehead atoms. The smallest absolute Gasteiger partial charge is 0.251 e. The number of carbonyl (C=O) groups excluding carboxylic acids is 1. The number of ether oxygens (including phenoxy) is 1. The first kappa shape index (κ1) is 20.0. The Morgan fingerprint density at radius 1 is 1.11 bits per heavy atom. The zero-order chi connectivity index (χ0) is 19.4. The molecular weight excluding hydrogens is 383 g/mol. The molecule has 0 aliphatic carbocycles. The van der Waals surface area contributed by atoms with Gasteiger partial charge in [-0.1, -0.05) is 29.3 Å². The molecule has 6 heteroatoms. The summed E-state index contributed by atoms with van der Waals surface area (Å²) in [5.41, 5.74) is 2.46. The molecule has 1 heterocycles. The van der Waals surface area contributed by atoms with Gasteiger partial charge in [0.05, 0.1) is 0 Å². The van der Waals surface area contributed by atoms with Crippen LogP contribution >= 0.6 is 23.2 Å². The molecule has 0 radical (unpaired) electrons. The molecule has 1 amide bonds. The van der Waals surface area contributed by atoms with Gasteiger partial charge in [0.2, 0.25) is 0 Å². The molecular formula is C21H24Cl2N2O2. The van der Waals surface area contributed by atoms with Crippen molar-refractivity contribution in [1.29, 1.82) is 0 Å². The molecule has 1 aliphatic rings. The summed E-state index contributed by atoms with van der Waals surface area (Å²) in [7, 11) is 3.94. The Hall–Kier alpha value is -1.75. The van der Waals surface area contributed by atoms with Crippen molar-refractivity contribution in [3.63, 3.8) is 0 Å². The van der Waals surface area contributed by atoms with Crippen molar-refractivity contribution in [3.05, 3.63) is 63.6 Å². The molecule has 3 rings (SSSR count). The van der Waals surface area contributed by atoms with E-state index in [0.717, 1.165) is 24.1 Å². The number of nitrogens with one attached hydrogen (secondary N) is 1. The first-order chi connectivity index (χ1) is 12.9. The van der Waals surface area contributed by atoms with Crippen LogP contribution in [0.2, 0.25) is 10.0 Å². The van der Waals surface area contributed by atoms with E-state index in [1.54, 1.807) is 6.07 Å². The average molecular weight is 407 g/mol. The number of anilines is 1. The summed E-state index contributed by atoms with van der Waals surface area (Å²) < 4.78 is 5.55. The third kappa shape index (κ3) is 4.57. The standard InChI is InChI=1S/C21H24Cl2N2O2/c1-25(2)17-6-3-15(4-7-17)20(26)24-14-21(9-11-27-12-10-21)18-8-5-16(22)13-19(18)23/h3-8,13H,9-12,14H2,1-2H3,(H,24,26). The molecule has 1 saturated heterocycles. The van der Waals surface area contributed by atoms with Crippen molar-refractivity contribution in [2.45, 2.75) is 18.3 Å². The summed E-state index contributed by atoms with van der Waals surface area (Å²) in [5, 5.41) is 4.34. The van der Waals surface area contributed by atoms with Crippen LogP contribution in [-0.4, -0.2) is 39.8 Å². The van der Waals surface area contributed by atoms with Crippen molar-refractivity contribution in [1.82, 2.24) is 5.32 Å². The zero-order valence-corrected chi connectivity index (χ0v) is 17.1. The van der Waals surface area contributed by atoms with Crippen LogP contribution in [0, 0.1) is 0 Å². The summed E-state index contributed by atoms with van der Waals surface area (Å²) in [5.74, 6) is -0.0868. The third-order valence-corrected chi connectivity index (χ3v) is 5.73. The fourth-order valence-electron chi connectivity index (χ4n) is 3.49. The quantitative estimate of drug-likeness (QED) is 0.792. The minimum atomic E-state index is -0.251. The van der Waals surface area contributed by atoms with E-state index >= 15 is 0 Å². The van der Waals surface area contributed by atoms with Gasteiger partial charge in [0, 0.05) is 60.6 Å². The Labute approximate surface area is 170 Å². The van der Waals surface area contributed by atoms with Gasteiger partial charge in [-0.3, -0.25) is 4.79 Å². The first-order valence-electron chi connectivity index (χ1n) is 9.00. The van der Waals surface area contributed by atoms with Gasteiger partial charge < -0.3 is 15.0 Å². The summed E-state index contributed by atoms with van der Waals surface area (Å²) >= 11 is 12.6. The number of hydrogen-bond donors (Lipinski definition) is 1. The lowest BCUT2D eigenvalue weighted by Gasteiger charge is -2.38. The van der Waals surface area contributed by atoms with Gasteiger partial charge in [0.25, 0.3) is 5.91 Å². The highest BCUT2D eigenvalue weighted by Crippen LogP contribution is 2.39. The summed E-state index contributed by atoms with van der Waals surface area (Å²) in [6.07, 6.45) is 1.60. The molecule has 0 atom stereocenters. The van der Waals surface area contributed by atoms with Crippen LogP contribution in [0.3, 0.4) is 0 Å². The molecule has 4 nitrogen and oxygen atoms in total. The SMILES string of the molecule is CN(C)c1ccc(C(=O)NCC2(c3ccc(Cl)cc3Cl)CCOCC2)cc1. The second-order valence-corrected chi connectivity index (χ2v) is 7.98. The van der Waals surface area contributed by atoms with Gasteiger partial charge in [0.1, 0.15) is 0 Å². The number of halogens is 2. The monoisotopic (exact) mass is 406 g/mol. The van der Waals surface area contributed by atoms with Crippen LogP contribution in [0.4, 0.5) is 5.69 Å². The molecule has 0 spiro atoms. The number of amides is 1. The molecule has 1 aliphatic heterocycles. The second kappa shape index (κ2) is 8.51. The minimum Gasteiger partial charge on any atom is -0.381 e. The normalized spacial score (nSPS) is 16.0. The summed E-state index contributed by atoms with van der Waals surface area (Å²) in [4.78, 5) is 14.7. The number of nitrogens with zero attached hydrogens (tertiary/aromatic N) is 1.